The van der Waals surface area contributed by atoms with E-state index in [4.69, 9.17) is 14.5 Å². The van der Waals surface area contributed by atoms with Crippen molar-refractivity contribution in [3.8, 4) is 11.5 Å². The highest BCUT2D eigenvalue weighted by molar-refractivity contribution is 5.77. The summed E-state index contributed by atoms with van der Waals surface area (Å²) in [6.07, 6.45) is 6.24. The van der Waals surface area contributed by atoms with Crippen LogP contribution in [0, 0.1) is 13.8 Å². The maximum absolute atomic E-state index is 12.3. The van der Waals surface area contributed by atoms with Crippen LogP contribution >= 0.6 is 0 Å². The molecule has 0 unspecified atom stereocenters. The second kappa shape index (κ2) is 14.2. The van der Waals surface area contributed by atoms with Gasteiger partial charge in [0.1, 0.15) is 17.3 Å². The molecule has 0 spiro atoms. The van der Waals surface area contributed by atoms with E-state index in [-0.39, 0.29) is 12.5 Å². The number of hydrogen-bond acceptors (Lipinski definition) is 4. The van der Waals surface area contributed by atoms with Crippen molar-refractivity contribution in [3.63, 3.8) is 0 Å². The van der Waals surface area contributed by atoms with Crippen LogP contribution in [0.15, 0.2) is 79.4 Å². The van der Waals surface area contributed by atoms with Crippen molar-refractivity contribution >= 4 is 16.9 Å². The Kier molecular flexibility index (Phi) is 10.2. The highest BCUT2D eigenvalue weighted by Gasteiger charge is 2.11. The average molecular weight is 526 g/mol. The Morgan fingerprint density at radius 3 is 2.67 bits per heavy atom. The third-order valence-corrected chi connectivity index (χ3v) is 6.71. The lowest BCUT2D eigenvalue weighted by Gasteiger charge is -2.12. The van der Waals surface area contributed by atoms with E-state index in [2.05, 4.69) is 40.7 Å². The van der Waals surface area contributed by atoms with Crippen molar-refractivity contribution in [1.29, 1.82) is 0 Å². The zero-order valence-electron chi connectivity index (χ0n) is 23.1. The Bertz CT molecular complexity index is 1390. The number of benzene rings is 3. The van der Waals surface area contributed by atoms with Gasteiger partial charge in [0.05, 0.1) is 17.6 Å². The molecular formula is C33H39N3O3. The lowest BCUT2D eigenvalue weighted by molar-refractivity contribution is -0.123. The Balaban J connectivity index is 1.24. The van der Waals surface area contributed by atoms with Crippen molar-refractivity contribution in [2.45, 2.75) is 52.5 Å². The minimum absolute atomic E-state index is 0.0168. The monoisotopic (exact) mass is 525 g/mol. The van der Waals surface area contributed by atoms with Gasteiger partial charge in [0, 0.05) is 19.5 Å². The predicted molar refractivity (Wildman–Crippen MR) is 158 cm³/mol. The molecule has 0 radical (unpaired) electrons. The number of para-hydroxylation sites is 3. The number of fused-ring (bicyclic) bond motifs is 1. The fourth-order valence-corrected chi connectivity index (χ4v) is 4.62. The molecule has 0 atom stereocenters. The molecule has 4 aromatic rings. The molecule has 3 aromatic carbocycles. The Morgan fingerprint density at radius 1 is 0.974 bits per heavy atom. The summed E-state index contributed by atoms with van der Waals surface area (Å²) in [5.74, 6) is 2.63. The molecule has 1 aromatic heterocycles. The van der Waals surface area contributed by atoms with Gasteiger partial charge in [-0.05, 0) is 80.5 Å². The summed E-state index contributed by atoms with van der Waals surface area (Å²) >= 11 is 0. The minimum atomic E-state index is -0.112. The van der Waals surface area contributed by atoms with E-state index in [1.807, 2.05) is 62.4 Å². The molecule has 6 heteroatoms. The van der Waals surface area contributed by atoms with E-state index in [1.54, 1.807) is 0 Å². The van der Waals surface area contributed by atoms with Gasteiger partial charge in [-0.15, -0.1) is 6.58 Å². The predicted octanol–water partition coefficient (Wildman–Crippen LogP) is 6.37. The van der Waals surface area contributed by atoms with Gasteiger partial charge in [0.2, 0.25) is 0 Å². The van der Waals surface area contributed by atoms with Gasteiger partial charge >= 0.3 is 0 Å². The van der Waals surface area contributed by atoms with Crippen LogP contribution in [0.4, 0.5) is 0 Å². The summed E-state index contributed by atoms with van der Waals surface area (Å²) in [4.78, 5) is 17.2. The molecule has 0 saturated carbocycles. The topological polar surface area (TPSA) is 65.4 Å². The van der Waals surface area contributed by atoms with Crippen LogP contribution in [0.5, 0.6) is 11.5 Å². The van der Waals surface area contributed by atoms with E-state index in [0.717, 1.165) is 78.1 Å². The number of rotatable bonds is 15. The molecule has 0 fully saturated rings. The van der Waals surface area contributed by atoms with Crippen molar-refractivity contribution in [2.24, 2.45) is 0 Å². The number of nitrogens with zero attached hydrogens (tertiary/aromatic N) is 2. The Morgan fingerprint density at radius 2 is 1.79 bits per heavy atom. The number of imidazole rings is 1. The summed E-state index contributed by atoms with van der Waals surface area (Å²) in [5, 5.41) is 2.98. The van der Waals surface area contributed by atoms with Gasteiger partial charge in [0.15, 0.2) is 6.61 Å². The van der Waals surface area contributed by atoms with E-state index >= 15 is 0 Å². The van der Waals surface area contributed by atoms with Crippen LogP contribution < -0.4 is 14.8 Å². The largest absolute Gasteiger partial charge is 0.493 e. The molecule has 1 N–H and O–H groups in total. The zero-order chi connectivity index (χ0) is 27.5. The molecule has 0 aliphatic rings. The lowest BCUT2D eigenvalue weighted by Crippen LogP contribution is -2.30. The lowest BCUT2D eigenvalue weighted by atomic mass is 10.1. The number of hydrogen-bond donors (Lipinski definition) is 1. The SMILES string of the molecule is C=CCc1ccccc1OCCCCn1c(CCCNC(=O)COc2cc(C)ccc2C)nc2ccccc21. The third kappa shape index (κ3) is 7.96. The summed E-state index contributed by atoms with van der Waals surface area (Å²) < 4.78 is 14.1. The number of aryl methyl sites for hydroxylation is 4. The molecule has 6 nitrogen and oxygen atoms in total. The molecule has 0 aliphatic carbocycles. The quantitative estimate of drug-likeness (QED) is 0.145. The highest BCUT2D eigenvalue weighted by atomic mass is 16.5. The minimum Gasteiger partial charge on any atom is -0.493 e. The smallest absolute Gasteiger partial charge is 0.257 e. The number of allylic oxidation sites excluding steroid dienone is 1. The first-order chi connectivity index (χ1) is 19.0. The molecule has 39 heavy (non-hydrogen) atoms. The number of aromatic nitrogens is 2. The number of unbranched alkanes of at least 4 members (excludes halogenated alkanes) is 1. The summed E-state index contributed by atoms with van der Waals surface area (Å²) in [6.45, 7) is 9.98. The number of carbonyl (C=O) groups is 1. The van der Waals surface area contributed by atoms with E-state index in [0.29, 0.717) is 13.2 Å². The normalized spacial score (nSPS) is 10.9. The van der Waals surface area contributed by atoms with Crippen molar-refractivity contribution < 1.29 is 14.3 Å². The fraction of sp³-hybridized carbons (Fsp3) is 0.333. The Hall–Kier alpha value is -4.06. The number of amides is 1. The number of nitrogens with one attached hydrogen (secondary N) is 1. The molecule has 0 saturated heterocycles. The van der Waals surface area contributed by atoms with Gasteiger partial charge in [0.25, 0.3) is 5.91 Å². The van der Waals surface area contributed by atoms with Gasteiger partial charge in [-0.3, -0.25) is 4.79 Å². The van der Waals surface area contributed by atoms with Crippen molar-refractivity contribution in [2.75, 3.05) is 19.8 Å². The van der Waals surface area contributed by atoms with E-state index in [1.165, 1.54) is 5.56 Å². The van der Waals surface area contributed by atoms with Crippen LogP contribution in [-0.2, 0) is 24.2 Å². The Labute approximate surface area is 231 Å². The number of carbonyl (C=O) groups excluding carboxylic acids is 1. The fourth-order valence-electron chi connectivity index (χ4n) is 4.62. The maximum Gasteiger partial charge on any atom is 0.257 e. The van der Waals surface area contributed by atoms with Gasteiger partial charge in [-0.2, -0.15) is 0 Å². The first kappa shape index (κ1) is 28.0. The van der Waals surface area contributed by atoms with Crippen LogP contribution in [0.25, 0.3) is 11.0 Å². The summed E-state index contributed by atoms with van der Waals surface area (Å²) in [7, 11) is 0. The third-order valence-electron chi connectivity index (χ3n) is 6.71. The highest BCUT2D eigenvalue weighted by Crippen LogP contribution is 2.21. The van der Waals surface area contributed by atoms with Crippen LogP contribution in [0.1, 0.15) is 41.8 Å². The number of ether oxygens (including phenoxy) is 2. The van der Waals surface area contributed by atoms with Gasteiger partial charge < -0.3 is 19.4 Å². The molecule has 0 bridgehead atoms. The van der Waals surface area contributed by atoms with Crippen molar-refractivity contribution in [3.05, 3.63) is 102 Å². The molecule has 4 rings (SSSR count). The molecule has 1 amide bonds. The van der Waals surface area contributed by atoms with Crippen LogP contribution in [0.3, 0.4) is 0 Å². The van der Waals surface area contributed by atoms with Gasteiger partial charge in [-0.1, -0.05) is 48.5 Å². The average Bonchev–Trinajstić information content (AvgIpc) is 3.29. The first-order valence-corrected chi connectivity index (χ1v) is 13.8. The van der Waals surface area contributed by atoms with Crippen LogP contribution in [-0.4, -0.2) is 35.2 Å². The zero-order valence-corrected chi connectivity index (χ0v) is 23.1. The standard InChI is InChI=1S/C33H39N3O3/c1-4-12-27-13-5-8-16-30(27)38-22-10-9-21-36-29-15-7-6-14-28(29)35-32(36)17-11-20-34-33(37)24-39-31-23-25(2)18-19-26(31)3/h4-8,13-16,18-19,23H,1,9-12,17,20-22,24H2,2-3H3,(H,34,37). The van der Waals surface area contributed by atoms with E-state index < -0.39 is 0 Å². The molecule has 204 valence electrons. The maximum atomic E-state index is 12.3. The summed E-state index contributed by atoms with van der Waals surface area (Å²) in [6, 6.07) is 22.4. The molecule has 1 heterocycles. The first-order valence-electron chi connectivity index (χ1n) is 13.8. The van der Waals surface area contributed by atoms with Crippen LogP contribution in [0.2, 0.25) is 0 Å². The second-order valence-corrected chi connectivity index (χ2v) is 9.84. The molecule has 0 aliphatic heterocycles. The molecular weight excluding hydrogens is 486 g/mol. The van der Waals surface area contributed by atoms with E-state index in [9.17, 15) is 4.79 Å². The summed E-state index contributed by atoms with van der Waals surface area (Å²) in [5.41, 5.74) is 5.46. The second-order valence-electron chi connectivity index (χ2n) is 9.84. The van der Waals surface area contributed by atoms with Crippen molar-refractivity contribution in [1.82, 2.24) is 14.9 Å². The van der Waals surface area contributed by atoms with Gasteiger partial charge in [-0.25, -0.2) is 4.98 Å².